The Morgan fingerprint density at radius 3 is 3.16 bits per heavy atom. The maximum absolute atomic E-state index is 5.78. The smallest absolute Gasteiger partial charge is 0.243 e. The van der Waals surface area contributed by atoms with Crippen molar-refractivity contribution >= 4 is 16.3 Å². The molecule has 0 saturated carbocycles. The number of aryl methyl sites for hydroxylation is 1. The van der Waals surface area contributed by atoms with E-state index in [1.165, 1.54) is 0 Å². The van der Waals surface area contributed by atoms with Crippen molar-refractivity contribution in [1.29, 1.82) is 0 Å². The highest BCUT2D eigenvalue weighted by atomic mass is 32.1. The van der Waals surface area contributed by atoms with Crippen molar-refractivity contribution in [3.05, 3.63) is 29.7 Å². The molecular weight excluding hydrogens is 262 g/mol. The van der Waals surface area contributed by atoms with E-state index < -0.39 is 0 Å². The van der Waals surface area contributed by atoms with E-state index in [0.29, 0.717) is 18.2 Å². The summed E-state index contributed by atoms with van der Waals surface area (Å²) in [5, 5.41) is 6.20. The van der Waals surface area contributed by atoms with Gasteiger partial charge in [-0.05, 0) is 6.42 Å². The number of nitrogens with two attached hydrogens (primary N) is 1. The second-order valence-electron chi connectivity index (χ2n) is 4.16. The maximum Gasteiger partial charge on any atom is 0.243 e. The van der Waals surface area contributed by atoms with Crippen molar-refractivity contribution in [1.82, 2.24) is 19.2 Å². The van der Waals surface area contributed by atoms with E-state index in [-0.39, 0.29) is 0 Å². The number of fused-ring (bicyclic) bond motifs is 1. The van der Waals surface area contributed by atoms with Crippen LogP contribution in [0.2, 0.25) is 0 Å². The summed E-state index contributed by atoms with van der Waals surface area (Å²) in [6.07, 6.45) is 6.55. The van der Waals surface area contributed by atoms with Gasteiger partial charge in [0.05, 0.1) is 12.4 Å². The number of imidazole rings is 1. The van der Waals surface area contributed by atoms with Crippen LogP contribution in [0.15, 0.2) is 24.0 Å². The highest BCUT2D eigenvalue weighted by molar-refractivity contribution is 7.15. The molecule has 0 aliphatic heterocycles. The Labute approximate surface area is 114 Å². The van der Waals surface area contributed by atoms with Crippen molar-refractivity contribution in [2.24, 2.45) is 5.73 Å². The van der Waals surface area contributed by atoms with Gasteiger partial charge in [-0.3, -0.25) is 9.08 Å². The zero-order chi connectivity index (χ0) is 13.2. The molecule has 0 unspecified atom stereocenters. The van der Waals surface area contributed by atoms with Gasteiger partial charge in [0, 0.05) is 24.7 Å². The summed E-state index contributed by atoms with van der Waals surface area (Å²) in [6, 6.07) is 0. The summed E-state index contributed by atoms with van der Waals surface area (Å²) >= 11 is 1.56. The summed E-state index contributed by atoms with van der Waals surface area (Å²) in [5.74, 6) is 1.25. The van der Waals surface area contributed by atoms with Gasteiger partial charge in [0.25, 0.3) is 0 Å². The molecule has 0 aromatic carbocycles. The highest BCUT2D eigenvalue weighted by Crippen LogP contribution is 2.27. The third-order valence-electron chi connectivity index (χ3n) is 2.79. The summed E-state index contributed by atoms with van der Waals surface area (Å²) in [6.45, 7) is 3.37. The molecule has 2 N–H and O–H groups in total. The lowest BCUT2D eigenvalue weighted by Crippen LogP contribution is -2.01. The molecule has 6 nitrogen and oxygen atoms in total. The quantitative estimate of drug-likeness (QED) is 0.776. The third kappa shape index (κ3) is 2.22. The van der Waals surface area contributed by atoms with E-state index in [0.717, 1.165) is 23.6 Å². The Kier molecular flexibility index (Phi) is 3.22. The minimum atomic E-state index is 0.385. The average Bonchev–Trinajstić information content (AvgIpc) is 3.06. The van der Waals surface area contributed by atoms with Crippen molar-refractivity contribution in [3.8, 4) is 11.6 Å². The molecule has 0 radical (unpaired) electrons. The zero-order valence-corrected chi connectivity index (χ0v) is 11.4. The van der Waals surface area contributed by atoms with Gasteiger partial charge in [0.1, 0.15) is 5.69 Å². The highest BCUT2D eigenvalue weighted by Gasteiger charge is 2.14. The van der Waals surface area contributed by atoms with E-state index in [1.54, 1.807) is 17.5 Å². The molecule has 0 aliphatic carbocycles. The van der Waals surface area contributed by atoms with Crippen LogP contribution in [-0.4, -0.2) is 19.2 Å². The number of nitrogens with zero attached hydrogens (tertiary/aromatic N) is 4. The summed E-state index contributed by atoms with van der Waals surface area (Å²) in [4.78, 5) is 5.32. The molecule has 0 spiro atoms. The molecule has 100 valence electrons. The number of aromatic nitrogens is 4. The topological polar surface area (TPSA) is 70.4 Å². The first-order chi connectivity index (χ1) is 9.31. The van der Waals surface area contributed by atoms with E-state index >= 15 is 0 Å². The largest absolute Gasteiger partial charge is 0.434 e. The molecule has 0 bridgehead atoms. The lowest BCUT2D eigenvalue weighted by Gasteiger charge is -2.01. The van der Waals surface area contributed by atoms with Crippen molar-refractivity contribution in [2.45, 2.75) is 26.4 Å². The lowest BCUT2D eigenvalue weighted by molar-refractivity contribution is 0.458. The van der Waals surface area contributed by atoms with Crippen molar-refractivity contribution in [3.63, 3.8) is 0 Å². The summed E-state index contributed by atoms with van der Waals surface area (Å²) < 4.78 is 9.59. The fourth-order valence-electron chi connectivity index (χ4n) is 1.94. The second-order valence-corrected chi connectivity index (χ2v) is 5.04. The molecule has 3 heterocycles. The molecule has 0 fully saturated rings. The van der Waals surface area contributed by atoms with Crippen LogP contribution in [-0.2, 0) is 13.1 Å². The lowest BCUT2D eigenvalue weighted by atomic mass is 10.4. The minimum Gasteiger partial charge on any atom is -0.434 e. The van der Waals surface area contributed by atoms with E-state index in [1.807, 2.05) is 26.9 Å². The van der Waals surface area contributed by atoms with Gasteiger partial charge < -0.3 is 10.5 Å². The Bertz CT molecular complexity index is 683. The Morgan fingerprint density at radius 1 is 1.47 bits per heavy atom. The van der Waals surface area contributed by atoms with Crippen LogP contribution in [0.4, 0.5) is 0 Å². The molecule has 0 saturated heterocycles. The van der Waals surface area contributed by atoms with Crippen LogP contribution >= 0.6 is 11.3 Å². The first-order valence-corrected chi connectivity index (χ1v) is 7.04. The van der Waals surface area contributed by atoms with E-state index in [9.17, 15) is 0 Å². The van der Waals surface area contributed by atoms with E-state index in [2.05, 4.69) is 17.0 Å². The number of hydrogen-bond acceptors (Lipinski definition) is 5. The van der Waals surface area contributed by atoms with Gasteiger partial charge in [-0.15, -0.1) is 11.3 Å². The summed E-state index contributed by atoms with van der Waals surface area (Å²) in [7, 11) is 0. The molecular formula is C12H15N5OS. The normalized spacial score (nSPS) is 11.3. The average molecular weight is 277 g/mol. The van der Waals surface area contributed by atoms with Crippen LogP contribution in [0.5, 0.6) is 11.6 Å². The van der Waals surface area contributed by atoms with Crippen LogP contribution < -0.4 is 10.5 Å². The van der Waals surface area contributed by atoms with Crippen molar-refractivity contribution < 1.29 is 4.74 Å². The third-order valence-corrected chi connectivity index (χ3v) is 3.55. The molecule has 3 aromatic heterocycles. The second kappa shape index (κ2) is 5.02. The summed E-state index contributed by atoms with van der Waals surface area (Å²) in [5.41, 5.74) is 6.64. The number of ether oxygens (including phenoxy) is 1. The van der Waals surface area contributed by atoms with Gasteiger partial charge >= 0.3 is 0 Å². The van der Waals surface area contributed by atoms with Crippen LogP contribution in [0, 0.1) is 0 Å². The zero-order valence-electron chi connectivity index (χ0n) is 10.6. The minimum absolute atomic E-state index is 0.385. The van der Waals surface area contributed by atoms with Gasteiger partial charge in [-0.25, -0.2) is 0 Å². The first-order valence-electron chi connectivity index (χ1n) is 6.16. The van der Waals surface area contributed by atoms with Gasteiger partial charge in [-0.1, -0.05) is 6.92 Å². The van der Waals surface area contributed by atoms with Crippen LogP contribution in [0.3, 0.4) is 0 Å². The molecule has 0 atom stereocenters. The number of hydrogen-bond donors (Lipinski definition) is 1. The van der Waals surface area contributed by atoms with Gasteiger partial charge in [-0.2, -0.15) is 10.1 Å². The predicted octanol–water partition coefficient (Wildman–Crippen LogP) is 2.25. The number of rotatable bonds is 5. The fraction of sp³-hybridized carbons (Fsp3) is 0.333. The SMILES string of the molecule is CCCn1cc(Oc2nc3sccn3c2CN)cn1. The van der Waals surface area contributed by atoms with Gasteiger partial charge in [0.15, 0.2) is 10.7 Å². The molecule has 7 heteroatoms. The molecule has 3 aromatic rings. The van der Waals surface area contributed by atoms with Crippen molar-refractivity contribution in [2.75, 3.05) is 0 Å². The first kappa shape index (κ1) is 12.2. The Hall–Kier alpha value is -1.86. The Morgan fingerprint density at radius 2 is 2.37 bits per heavy atom. The predicted molar refractivity (Wildman–Crippen MR) is 73.6 cm³/mol. The fourth-order valence-corrected chi connectivity index (χ4v) is 2.67. The molecule has 0 amide bonds. The van der Waals surface area contributed by atoms with Crippen LogP contribution in [0.1, 0.15) is 19.0 Å². The molecule has 3 rings (SSSR count). The van der Waals surface area contributed by atoms with Crippen LogP contribution in [0.25, 0.3) is 4.96 Å². The maximum atomic E-state index is 5.78. The number of thiazole rings is 1. The molecule has 19 heavy (non-hydrogen) atoms. The van der Waals surface area contributed by atoms with E-state index in [4.69, 9.17) is 10.5 Å². The standard InChI is InChI=1S/C12H15N5OS/c1-2-3-16-8-9(7-14-16)18-11-10(6-13)17-4-5-19-12(17)15-11/h4-5,7-8H,2-3,6,13H2,1H3. The Balaban J connectivity index is 1.89. The molecule has 0 aliphatic rings. The van der Waals surface area contributed by atoms with Gasteiger partial charge in [0.2, 0.25) is 5.88 Å². The monoisotopic (exact) mass is 277 g/mol.